The minimum Gasteiger partial charge on any atom is -0.508 e. The van der Waals surface area contributed by atoms with Gasteiger partial charge in [0.25, 0.3) is 0 Å². The van der Waals surface area contributed by atoms with E-state index in [1.54, 1.807) is 12.1 Å². The average Bonchev–Trinajstić information content (AvgIpc) is 2.81. The van der Waals surface area contributed by atoms with Gasteiger partial charge in [0.2, 0.25) is 0 Å². The second-order valence-corrected chi connectivity index (χ2v) is 5.45. The minimum atomic E-state index is 0.0540. The molecule has 0 saturated heterocycles. The predicted molar refractivity (Wildman–Crippen MR) is 82.6 cm³/mol. The molecule has 108 valence electrons. The molecular weight excluding hydrogens is 264 g/mol. The molecule has 0 fully saturated rings. The lowest BCUT2D eigenvalue weighted by atomic mass is 9.97. The van der Waals surface area contributed by atoms with Gasteiger partial charge in [-0.3, -0.25) is 5.01 Å². The number of hydrogen-bond donors (Lipinski definition) is 2. The third kappa shape index (κ3) is 2.57. The van der Waals surface area contributed by atoms with Crippen LogP contribution < -0.4 is 0 Å². The van der Waals surface area contributed by atoms with Gasteiger partial charge in [0, 0.05) is 25.1 Å². The van der Waals surface area contributed by atoms with E-state index in [4.69, 9.17) is 0 Å². The standard InChI is InChI=1S/C17H18N2O2/c1-11-3-5-12(6-4-11)16-10-15(18-19(16)2)14-8-7-13(20)9-17(14)21/h3-9,16,20-21H,10H2,1-2H3. The number of phenols is 2. The number of benzene rings is 2. The number of aromatic hydroxyl groups is 2. The molecular formula is C17H18N2O2. The van der Waals surface area contributed by atoms with Crippen LogP contribution in [0, 0.1) is 6.92 Å². The number of rotatable bonds is 2. The molecule has 4 nitrogen and oxygen atoms in total. The zero-order valence-electron chi connectivity index (χ0n) is 12.1. The lowest BCUT2D eigenvalue weighted by Gasteiger charge is -2.19. The molecule has 0 aliphatic carbocycles. The van der Waals surface area contributed by atoms with Gasteiger partial charge in [-0.15, -0.1) is 0 Å². The second-order valence-electron chi connectivity index (χ2n) is 5.45. The maximum atomic E-state index is 9.97. The zero-order valence-corrected chi connectivity index (χ0v) is 12.1. The van der Waals surface area contributed by atoms with Gasteiger partial charge >= 0.3 is 0 Å². The number of nitrogens with zero attached hydrogens (tertiary/aromatic N) is 2. The quantitative estimate of drug-likeness (QED) is 0.889. The third-order valence-corrected chi connectivity index (χ3v) is 3.87. The maximum absolute atomic E-state index is 9.97. The van der Waals surface area contributed by atoms with Crippen molar-refractivity contribution in [2.75, 3.05) is 7.05 Å². The number of aryl methyl sites for hydroxylation is 1. The van der Waals surface area contributed by atoms with Crippen molar-refractivity contribution in [3.63, 3.8) is 0 Å². The first-order valence-corrected chi connectivity index (χ1v) is 6.94. The van der Waals surface area contributed by atoms with Gasteiger partial charge in [0.05, 0.1) is 11.8 Å². The van der Waals surface area contributed by atoms with Crippen LogP contribution >= 0.6 is 0 Å². The Kier molecular flexibility index (Phi) is 3.29. The molecule has 1 atom stereocenters. The van der Waals surface area contributed by atoms with Crippen molar-refractivity contribution in [2.24, 2.45) is 5.10 Å². The maximum Gasteiger partial charge on any atom is 0.128 e. The van der Waals surface area contributed by atoms with E-state index in [2.05, 4.69) is 36.3 Å². The monoisotopic (exact) mass is 282 g/mol. The van der Waals surface area contributed by atoms with Crippen molar-refractivity contribution in [2.45, 2.75) is 19.4 Å². The highest BCUT2D eigenvalue weighted by atomic mass is 16.3. The fourth-order valence-corrected chi connectivity index (χ4v) is 2.67. The molecule has 1 heterocycles. The minimum absolute atomic E-state index is 0.0540. The van der Waals surface area contributed by atoms with Gasteiger partial charge in [0.15, 0.2) is 0 Å². The summed E-state index contributed by atoms with van der Waals surface area (Å²) in [5.41, 5.74) is 3.95. The van der Waals surface area contributed by atoms with E-state index in [1.165, 1.54) is 17.2 Å². The lowest BCUT2D eigenvalue weighted by Crippen LogP contribution is -2.13. The Labute approximate surface area is 124 Å². The summed E-state index contributed by atoms with van der Waals surface area (Å²) in [6.07, 6.45) is 0.734. The highest BCUT2D eigenvalue weighted by Gasteiger charge is 2.27. The fourth-order valence-electron chi connectivity index (χ4n) is 2.67. The van der Waals surface area contributed by atoms with Gasteiger partial charge < -0.3 is 10.2 Å². The predicted octanol–water partition coefficient (Wildman–Crippen LogP) is 3.19. The molecule has 1 unspecified atom stereocenters. The Morgan fingerprint density at radius 3 is 2.48 bits per heavy atom. The normalized spacial score (nSPS) is 17.9. The summed E-state index contributed by atoms with van der Waals surface area (Å²) in [6, 6.07) is 13.2. The van der Waals surface area contributed by atoms with E-state index in [0.717, 1.165) is 12.1 Å². The number of hydrogen-bond acceptors (Lipinski definition) is 4. The molecule has 2 aromatic carbocycles. The molecule has 1 aliphatic heterocycles. The van der Waals surface area contributed by atoms with Crippen LogP contribution in [0.15, 0.2) is 47.6 Å². The van der Waals surface area contributed by atoms with Crippen LogP contribution in [0.1, 0.15) is 29.2 Å². The van der Waals surface area contributed by atoms with Crippen molar-refractivity contribution in [3.8, 4) is 11.5 Å². The molecule has 1 aliphatic rings. The second kappa shape index (κ2) is 5.13. The van der Waals surface area contributed by atoms with E-state index in [1.807, 2.05) is 12.1 Å². The van der Waals surface area contributed by atoms with Crippen molar-refractivity contribution in [1.29, 1.82) is 0 Å². The Bertz CT molecular complexity index is 692. The average molecular weight is 282 g/mol. The van der Waals surface area contributed by atoms with Crippen molar-refractivity contribution < 1.29 is 10.2 Å². The van der Waals surface area contributed by atoms with Gasteiger partial charge in [0.1, 0.15) is 11.5 Å². The highest BCUT2D eigenvalue weighted by molar-refractivity contribution is 6.04. The van der Waals surface area contributed by atoms with Gasteiger partial charge in [-0.1, -0.05) is 29.8 Å². The third-order valence-electron chi connectivity index (χ3n) is 3.87. The van der Waals surface area contributed by atoms with Crippen LogP contribution in [-0.2, 0) is 0 Å². The van der Waals surface area contributed by atoms with E-state index in [9.17, 15) is 10.2 Å². The first kappa shape index (κ1) is 13.5. The summed E-state index contributed by atoms with van der Waals surface area (Å²) in [5, 5.41) is 25.8. The molecule has 4 heteroatoms. The topological polar surface area (TPSA) is 56.1 Å². The Morgan fingerprint density at radius 2 is 1.81 bits per heavy atom. The van der Waals surface area contributed by atoms with Crippen LogP contribution in [0.5, 0.6) is 11.5 Å². The Morgan fingerprint density at radius 1 is 1.10 bits per heavy atom. The Balaban J connectivity index is 1.87. The first-order chi connectivity index (χ1) is 10.0. The molecule has 0 aromatic heterocycles. The van der Waals surface area contributed by atoms with Crippen LogP contribution in [0.4, 0.5) is 0 Å². The summed E-state index contributed by atoms with van der Waals surface area (Å²) < 4.78 is 0. The largest absolute Gasteiger partial charge is 0.508 e. The summed E-state index contributed by atoms with van der Waals surface area (Å²) >= 11 is 0. The number of phenolic OH excluding ortho intramolecular Hbond substituents is 2. The van der Waals surface area contributed by atoms with Crippen molar-refractivity contribution in [1.82, 2.24) is 5.01 Å². The van der Waals surface area contributed by atoms with Crippen LogP contribution in [0.25, 0.3) is 0 Å². The van der Waals surface area contributed by atoms with Gasteiger partial charge in [-0.05, 0) is 24.6 Å². The number of hydrazone groups is 1. The molecule has 0 radical (unpaired) electrons. The molecule has 2 N–H and O–H groups in total. The molecule has 3 rings (SSSR count). The van der Waals surface area contributed by atoms with Gasteiger partial charge in [-0.25, -0.2) is 0 Å². The summed E-state index contributed by atoms with van der Waals surface area (Å²) in [7, 11) is 1.94. The molecule has 0 bridgehead atoms. The first-order valence-electron chi connectivity index (χ1n) is 6.94. The SMILES string of the molecule is Cc1ccc(C2CC(c3ccc(O)cc3O)=NN2C)cc1. The van der Waals surface area contributed by atoms with Crippen LogP contribution in [0.3, 0.4) is 0 Å². The zero-order chi connectivity index (χ0) is 15.0. The Hall–Kier alpha value is -2.49. The molecule has 0 saturated carbocycles. The lowest BCUT2D eigenvalue weighted by molar-refractivity contribution is 0.290. The van der Waals surface area contributed by atoms with E-state index in [-0.39, 0.29) is 17.5 Å². The van der Waals surface area contributed by atoms with Gasteiger partial charge in [-0.2, -0.15) is 5.10 Å². The van der Waals surface area contributed by atoms with Crippen LogP contribution in [0.2, 0.25) is 0 Å². The molecule has 2 aromatic rings. The van der Waals surface area contributed by atoms with Crippen molar-refractivity contribution in [3.05, 3.63) is 59.2 Å². The molecule has 0 spiro atoms. The van der Waals surface area contributed by atoms with Crippen molar-refractivity contribution >= 4 is 5.71 Å². The van der Waals surface area contributed by atoms with E-state index >= 15 is 0 Å². The van der Waals surface area contributed by atoms with E-state index in [0.29, 0.717) is 5.56 Å². The highest BCUT2D eigenvalue weighted by Crippen LogP contribution is 2.34. The summed E-state index contributed by atoms with van der Waals surface area (Å²) in [5.74, 6) is 0.116. The van der Waals surface area contributed by atoms with Crippen LogP contribution in [-0.4, -0.2) is 28.0 Å². The van der Waals surface area contributed by atoms with E-state index < -0.39 is 0 Å². The molecule has 0 amide bonds. The molecule has 21 heavy (non-hydrogen) atoms. The summed E-state index contributed by atoms with van der Waals surface area (Å²) in [6.45, 7) is 2.07. The summed E-state index contributed by atoms with van der Waals surface area (Å²) in [4.78, 5) is 0. The smallest absolute Gasteiger partial charge is 0.128 e. The fraction of sp³-hybridized carbons (Fsp3) is 0.235.